The number of alkyl halides is 3. The van der Waals surface area contributed by atoms with Crippen molar-refractivity contribution in [1.82, 2.24) is 19.7 Å². The molecule has 1 aromatic carbocycles. The number of amides is 1. The third-order valence-electron chi connectivity index (χ3n) is 5.34. The maximum absolute atomic E-state index is 13.2. The highest BCUT2D eigenvalue weighted by Gasteiger charge is 2.31. The molecule has 0 aliphatic carbocycles. The van der Waals surface area contributed by atoms with Crippen molar-refractivity contribution in [3.05, 3.63) is 64.2 Å². The fourth-order valence-electron chi connectivity index (χ4n) is 3.70. The molecule has 1 aliphatic rings. The summed E-state index contributed by atoms with van der Waals surface area (Å²) in [6.07, 6.45) is -2.99. The lowest BCUT2D eigenvalue weighted by Crippen LogP contribution is -2.37. The second-order valence-corrected chi connectivity index (χ2v) is 7.36. The molecule has 162 valence electrons. The molecular weight excluding hydrogens is 411 g/mol. The molecule has 0 spiro atoms. The Balaban J connectivity index is 1.54. The van der Waals surface area contributed by atoms with Crippen LogP contribution in [0.4, 0.5) is 19.0 Å². The van der Waals surface area contributed by atoms with Crippen LogP contribution in [0.2, 0.25) is 0 Å². The molecule has 3 heterocycles. The number of rotatable bonds is 2. The van der Waals surface area contributed by atoms with Crippen LogP contribution >= 0.6 is 0 Å². The minimum Gasteiger partial charge on any atom is -0.355 e. The van der Waals surface area contributed by atoms with Crippen LogP contribution in [0.1, 0.15) is 22.5 Å². The van der Waals surface area contributed by atoms with Crippen molar-refractivity contribution in [1.29, 1.82) is 0 Å². The molecule has 10 heteroatoms. The fourth-order valence-corrected chi connectivity index (χ4v) is 3.70. The average molecular weight is 431 g/mol. The normalized spacial score (nSPS) is 15.2. The third kappa shape index (κ3) is 4.10. The lowest BCUT2D eigenvalue weighted by Gasteiger charge is -2.23. The zero-order valence-corrected chi connectivity index (χ0v) is 16.8. The summed E-state index contributed by atoms with van der Waals surface area (Å²) in [7, 11) is 1.51. The van der Waals surface area contributed by atoms with E-state index in [9.17, 15) is 22.8 Å². The molecule has 0 atom stereocenters. The molecule has 1 aliphatic heterocycles. The number of carbonyl (C=O) groups excluding carboxylic acids is 1. The monoisotopic (exact) mass is 431 g/mol. The summed E-state index contributed by atoms with van der Waals surface area (Å²) in [6.45, 7) is 1.81. The summed E-state index contributed by atoms with van der Waals surface area (Å²) >= 11 is 0. The number of hydrogen-bond donors (Lipinski definition) is 0. The zero-order valence-electron chi connectivity index (χ0n) is 16.8. The predicted molar refractivity (Wildman–Crippen MR) is 109 cm³/mol. The molecule has 7 nitrogen and oxygen atoms in total. The van der Waals surface area contributed by atoms with Crippen LogP contribution in [0.3, 0.4) is 0 Å². The Bertz CT molecular complexity index is 1170. The van der Waals surface area contributed by atoms with E-state index >= 15 is 0 Å². The number of aromatic nitrogens is 3. The third-order valence-corrected chi connectivity index (χ3v) is 5.34. The largest absolute Gasteiger partial charge is 0.417 e. The van der Waals surface area contributed by atoms with Crippen molar-refractivity contribution in [3.8, 4) is 0 Å². The molecule has 0 unspecified atom stereocenters. The average Bonchev–Trinajstić information content (AvgIpc) is 3.02. The Hall–Kier alpha value is -3.43. The van der Waals surface area contributed by atoms with Gasteiger partial charge in [0, 0.05) is 44.8 Å². The first-order chi connectivity index (χ1) is 14.8. The molecule has 3 aromatic rings. The lowest BCUT2D eigenvalue weighted by molar-refractivity contribution is -0.137. The van der Waals surface area contributed by atoms with Gasteiger partial charge in [-0.15, -0.1) is 0 Å². The Kier molecular flexibility index (Phi) is 5.38. The van der Waals surface area contributed by atoms with Crippen LogP contribution in [0.25, 0.3) is 10.8 Å². The minimum atomic E-state index is -4.43. The van der Waals surface area contributed by atoms with Crippen molar-refractivity contribution in [2.75, 3.05) is 31.1 Å². The van der Waals surface area contributed by atoms with Crippen LogP contribution in [0, 0.1) is 0 Å². The van der Waals surface area contributed by atoms with Gasteiger partial charge in [0.05, 0.1) is 10.9 Å². The Labute approximate surface area is 175 Å². The maximum Gasteiger partial charge on any atom is 0.417 e. The first-order valence-electron chi connectivity index (χ1n) is 9.79. The molecule has 1 fully saturated rings. The summed E-state index contributed by atoms with van der Waals surface area (Å²) in [4.78, 5) is 33.0. The minimum absolute atomic E-state index is 0.207. The Morgan fingerprint density at radius 1 is 1.00 bits per heavy atom. The van der Waals surface area contributed by atoms with E-state index in [1.165, 1.54) is 13.1 Å². The fraction of sp³-hybridized carbons (Fsp3) is 0.333. The van der Waals surface area contributed by atoms with Crippen LogP contribution < -0.4 is 10.5 Å². The van der Waals surface area contributed by atoms with Crippen molar-refractivity contribution < 1.29 is 18.0 Å². The Morgan fingerprint density at radius 3 is 2.42 bits per heavy atom. The van der Waals surface area contributed by atoms with Gasteiger partial charge < -0.3 is 9.80 Å². The van der Waals surface area contributed by atoms with Gasteiger partial charge >= 0.3 is 6.18 Å². The number of anilines is 1. The number of pyridine rings is 1. The van der Waals surface area contributed by atoms with Gasteiger partial charge in [-0.3, -0.25) is 9.59 Å². The summed E-state index contributed by atoms with van der Waals surface area (Å²) in [6, 6.07) is 9.21. The number of nitrogens with zero attached hydrogens (tertiary/aromatic N) is 5. The number of fused-ring (bicyclic) bond motifs is 1. The van der Waals surface area contributed by atoms with Crippen molar-refractivity contribution in [2.45, 2.75) is 12.6 Å². The van der Waals surface area contributed by atoms with Gasteiger partial charge in [-0.1, -0.05) is 18.2 Å². The van der Waals surface area contributed by atoms with Crippen molar-refractivity contribution >= 4 is 22.5 Å². The molecular formula is C21H20F3N5O2. The van der Waals surface area contributed by atoms with Crippen molar-refractivity contribution in [3.63, 3.8) is 0 Å². The van der Waals surface area contributed by atoms with E-state index in [0.29, 0.717) is 49.2 Å². The van der Waals surface area contributed by atoms with E-state index in [2.05, 4.69) is 10.1 Å². The second-order valence-electron chi connectivity index (χ2n) is 7.36. The zero-order chi connectivity index (χ0) is 22.2. The standard InChI is InChI=1S/C21H20F3N5O2/c1-27-19(30)16-6-3-2-5-15(16)18(26-27)20(31)29-10-4-9-28(11-12-29)17-8-7-14(13-25-17)21(22,23)24/h2-3,5-8,13H,4,9-12H2,1H3. The summed E-state index contributed by atoms with van der Waals surface area (Å²) in [5, 5.41) is 5.12. The lowest BCUT2D eigenvalue weighted by atomic mass is 10.1. The van der Waals surface area contributed by atoms with Crippen LogP contribution in [0.5, 0.6) is 0 Å². The molecule has 31 heavy (non-hydrogen) atoms. The first-order valence-corrected chi connectivity index (χ1v) is 9.79. The molecule has 2 aromatic heterocycles. The highest BCUT2D eigenvalue weighted by atomic mass is 19.4. The molecule has 0 N–H and O–H groups in total. The molecule has 1 saturated heterocycles. The summed E-state index contributed by atoms with van der Waals surface area (Å²) in [5.41, 5.74) is -0.864. The van der Waals surface area contributed by atoms with E-state index in [-0.39, 0.29) is 17.2 Å². The first kappa shape index (κ1) is 20.8. The van der Waals surface area contributed by atoms with Gasteiger partial charge in [0.25, 0.3) is 11.5 Å². The molecule has 0 radical (unpaired) electrons. The van der Waals surface area contributed by atoms with E-state index in [4.69, 9.17) is 0 Å². The van der Waals surface area contributed by atoms with E-state index in [1.54, 1.807) is 29.2 Å². The van der Waals surface area contributed by atoms with Gasteiger partial charge in [0.15, 0.2) is 5.69 Å². The molecule has 0 bridgehead atoms. The quantitative estimate of drug-likeness (QED) is 0.624. The number of carbonyl (C=O) groups is 1. The van der Waals surface area contributed by atoms with Gasteiger partial charge in [-0.2, -0.15) is 18.3 Å². The molecule has 0 saturated carbocycles. The van der Waals surface area contributed by atoms with Crippen LogP contribution in [0.15, 0.2) is 47.4 Å². The number of hydrogen-bond acceptors (Lipinski definition) is 5. The number of aryl methyl sites for hydroxylation is 1. The van der Waals surface area contributed by atoms with Gasteiger partial charge in [-0.25, -0.2) is 9.67 Å². The number of halogens is 3. The topological polar surface area (TPSA) is 71.3 Å². The SMILES string of the molecule is Cn1nc(C(=O)N2CCCN(c3ccc(C(F)(F)F)cn3)CC2)c2ccccc2c1=O. The predicted octanol–water partition coefficient (Wildman–Crippen LogP) is 2.70. The highest BCUT2D eigenvalue weighted by Crippen LogP contribution is 2.29. The molecule has 1 amide bonds. The Morgan fingerprint density at radius 2 is 1.74 bits per heavy atom. The second kappa shape index (κ2) is 8.01. The van der Waals surface area contributed by atoms with Crippen LogP contribution in [-0.4, -0.2) is 51.8 Å². The maximum atomic E-state index is 13.2. The van der Waals surface area contributed by atoms with Crippen molar-refractivity contribution in [2.24, 2.45) is 7.05 Å². The summed E-state index contributed by atoms with van der Waals surface area (Å²) < 4.78 is 39.5. The van der Waals surface area contributed by atoms with Gasteiger partial charge in [0.2, 0.25) is 0 Å². The van der Waals surface area contributed by atoms with Crippen LogP contribution in [-0.2, 0) is 13.2 Å². The van der Waals surface area contributed by atoms with E-state index in [0.717, 1.165) is 16.9 Å². The number of benzene rings is 1. The smallest absolute Gasteiger partial charge is 0.355 e. The van der Waals surface area contributed by atoms with Gasteiger partial charge in [-0.05, 0) is 24.6 Å². The van der Waals surface area contributed by atoms with Gasteiger partial charge in [0.1, 0.15) is 5.82 Å². The highest BCUT2D eigenvalue weighted by molar-refractivity contribution is 6.04. The van der Waals surface area contributed by atoms with E-state index < -0.39 is 11.7 Å². The van der Waals surface area contributed by atoms with E-state index in [1.807, 2.05) is 4.90 Å². The molecule has 4 rings (SSSR count). The summed E-state index contributed by atoms with van der Waals surface area (Å²) in [5.74, 6) is 0.155.